The molecule has 0 saturated carbocycles. The minimum absolute atomic E-state index is 0.0939. The van der Waals surface area contributed by atoms with E-state index < -0.39 is 10.9 Å². The number of furan rings is 1. The van der Waals surface area contributed by atoms with E-state index in [2.05, 4.69) is 15.5 Å². The van der Waals surface area contributed by atoms with Crippen LogP contribution in [0.2, 0.25) is 5.02 Å². The van der Waals surface area contributed by atoms with Crippen molar-refractivity contribution in [2.24, 2.45) is 0 Å². The van der Waals surface area contributed by atoms with Gasteiger partial charge in [-0.3, -0.25) is 14.4 Å². The zero-order valence-electron chi connectivity index (χ0n) is 16.2. The van der Waals surface area contributed by atoms with E-state index in [-0.39, 0.29) is 24.7 Å². The topological polar surface area (TPSA) is 94.9 Å². The van der Waals surface area contributed by atoms with Gasteiger partial charge in [0.05, 0.1) is 19.4 Å². The molecule has 1 fully saturated rings. The van der Waals surface area contributed by atoms with Gasteiger partial charge in [-0.15, -0.1) is 0 Å². The van der Waals surface area contributed by atoms with Crippen molar-refractivity contribution in [1.82, 2.24) is 5.32 Å². The molecule has 0 atom stereocenters. The Hall–Kier alpha value is -3.26. The van der Waals surface area contributed by atoms with Gasteiger partial charge in [0.15, 0.2) is 0 Å². The molecule has 1 aliphatic heterocycles. The summed E-state index contributed by atoms with van der Waals surface area (Å²) in [6, 6.07) is 11.1. The van der Waals surface area contributed by atoms with Crippen LogP contribution in [0.1, 0.15) is 5.76 Å². The van der Waals surface area contributed by atoms with Crippen molar-refractivity contribution < 1.29 is 9.21 Å². The van der Waals surface area contributed by atoms with Crippen LogP contribution in [0.4, 0.5) is 17.1 Å². The van der Waals surface area contributed by atoms with Crippen LogP contribution in [0.3, 0.4) is 0 Å². The maximum absolute atomic E-state index is 12.2. The molecule has 9 heteroatoms. The van der Waals surface area contributed by atoms with E-state index >= 15 is 0 Å². The molecular weight excluding hydrogens is 408 g/mol. The van der Waals surface area contributed by atoms with E-state index in [0.29, 0.717) is 42.6 Å². The zero-order chi connectivity index (χ0) is 21.1. The first kappa shape index (κ1) is 20.0. The average molecular weight is 429 g/mol. The summed E-state index contributed by atoms with van der Waals surface area (Å²) in [6.07, 6.45) is 1.53. The normalized spacial score (nSPS) is 14.2. The van der Waals surface area contributed by atoms with Gasteiger partial charge in [0.1, 0.15) is 17.1 Å². The molecule has 0 unspecified atom stereocenters. The molecule has 1 amide bonds. The highest BCUT2D eigenvalue weighted by Gasteiger charge is 2.28. The number of rotatable bonds is 7. The predicted octanol–water partition coefficient (Wildman–Crippen LogP) is 1.58. The quantitative estimate of drug-likeness (QED) is 0.552. The summed E-state index contributed by atoms with van der Waals surface area (Å²) in [4.78, 5) is 40.3. The molecule has 0 aliphatic carbocycles. The van der Waals surface area contributed by atoms with Crippen molar-refractivity contribution in [3.63, 3.8) is 0 Å². The molecule has 1 aromatic heterocycles. The molecule has 1 aliphatic rings. The van der Waals surface area contributed by atoms with Crippen LogP contribution in [-0.2, 0) is 11.3 Å². The largest absolute Gasteiger partial charge is 0.467 e. The van der Waals surface area contributed by atoms with Crippen molar-refractivity contribution in [2.75, 3.05) is 47.8 Å². The van der Waals surface area contributed by atoms with E-state index in [9.17, 15) is 14.4 Å². The number of benzene rings is 1. The van der Waals surface area contributed by atoms with Gasteiger partial charge in [-0.05, 0) is 36.4 Å². The minimum Gasteiger partial charge on any atom is -0.467 e. The molecule has 1 saturated heterocycles. The number of hydrogen-bond acceptors (Lipinski definition) is 7. The van der Waals surface area contributed by atoms with Crippen LogP contribution in [0, 0.1) is 0 Å². The summed E-state index contributed by atoms with van der Waals surface area (Å²) in [6.45, 7) is 2.80. The van der Waals surface area contributed by atoms with Gasteiger partial charge in [-0.25, -0.2) is 0 Å². The predicted molar refractivity (Wildman–Crippen MR) is 116 cm³/mol. The number of piperazine rings is 1. The Kier molecular flexibility index (Phi) is 5.76. The van der Waals surface area contributed by atoms with Crippen molar-refractivity contribution in [3.8, 4) is 0 Å². The molecule has 156 valence electrons. The molecule has 8 nitrogen and oxygen atoms in total. The first-order chi connectivity index (χ1) is 14.5. The minimum atomic E-state index is -0.580. The second kappa shape index (κ2) is 8.62. The smallest absolute Gasteiger partial charge is 0.253 e. The number of anilines is 3. The first-order valence-corrected chi connectivity index (χ1v) is 10.0. The molecule has 3 aromatic rings. The Labute approximate surface area is 177 Å². The third kappa shape index (κ3) is 4.18. The highest BCUT2D eigenvalue weighted by Crippen LogP contribution is 2.24. The molecule has 0 spiro atoms. The number of hydrogen-bond donors (Lipinski definition) is 2. The number of amides is 1. The summed E-state index contributed by atoms with van der Waals surface area (Å²) in [5.74, 6) is 0.342. The van der Waals surface area contributed by atoms with Crippen molar-refractivity contribution in [1.29, 1.82) is 0 Å². The lowest BCUT2D eigenvalue weighted by Crippen LogP contribution is -2.52. The van der Waals surface area contributed by atoms with Crippen LogP contribution in [0.25, 0.3) is 0 Å². The fraction of sp³-hybridized carbons (Fsp3) is 0.286. The Bertz CT molecular complexity index is 1080. The van der Waals surface area contributed by atoms with E-state index in [4.69, 9.17) is 16.0 Å². The Balaban J connectivity index is 1.33. The second-order valence-corrected chi connectivity index (χ2v) is 7.48. The lowest BCUT2D eigenvalue weighted by molar-refractivity contribution is -0.119. The van der Waals surface area contributed by atoms with Crippen molar-refractivity contribution in [2.45, 2.75) is 6.54 Å². The lowest BCUT2D eigenvalue weighted by Gasteiger charge is -2.38. The number of nitrogens with zero attached hydrogens (tertiary/aromatic N) is 2. The average Bonchev–Trinajstić information content (AvgIpc) is 3.29. The van der Waals surface area contributed by atoms with E-state index in [1.807, 2.05) is 29.2 Å². The molecule has 4 rings (SSSR count). The van der Waals surface area contributed by atoms with E-state index in [1.165, 1.54) is 6.26 Å². The number of carbonyl (C=O) groups excluding carboxylic acids is 1. The second-order valence-electron chi connectivity index (χ2n) is 7.04. The van der Waals surface area contributed by atoms with E-state index in [0.717, 1.165) is 5.69 Å². The monoisotopic (exact) mass is 428 g/mol. The number of nitrogens with one attached hydrogen (secondary N) is 2. The Morgan fingerprint density at radius 1 is 1.00 bits per heavy atom. The van der Waals surface area contributed by atoms with E-state index in [1.54, 1.807) is 12.1 Å². The van der Waals surface area contributed by atoms with Crippen LogP contribution in [-0.4, -0.2) is 38.6 Å². The molecule has 2 aromatic carbocycles. The highest BCUT2D eigenvalue weighted by molar-refractivity contribution is 6.30. The SMILES string of the molecule is O=C(CNc1c(N2CCN(c3ccc(Cl)cc3)CC2)c(=O)c1=O)NCc1ccco1. The third-order valence-corrected chi connectivity index (χ3v) is 5.39. The summed E-state index contributed by atoms with van der Waals surface area (Å²) < 4.78 is 5.16. The maximum atomic E-state index is 12.2. The molecular formula is C21H21ClN4O4. The number of halogens is 1. The standard InChI is InChI=1S/C21H21ClN4O4/c22-14-3-5-15(6-4-14)25-7-9-26(10-8-25)19-18(20(28)21(19)29)24-13-17(27)23-12-16-2-1-11-30-16/h1-6,11,24H,7-10,12-13H2,(H,23,27). The van der Waals surface area contributed by atoms with Crippen molar-refractivity contribution >= 4 is 34.6 Å². The first-order valence-electron chi connectivity index (χ1n) is 9.64. The van der Waals surface area contributed by atoms with Crippen molar-refractivity contribution in [3.05, 3.63) is 73.9 Å². The molecule has 2 N–H and O–H groups in total. The fourth-order valence-electron chi connectivity index (χ4n) is 3.52. The van der Waals surface area contributed by atoms with Gasteiger partial charge in [0, 0.05) is 36.9 Å². The van der Waals surface area contributed by atoms with Gasteiger partial charge in [-0.2, -0.15) is 0 Å². The fourth-order valence-corrected chi connectivity index (χ4v) is 3.64. The van der Waals surface area contributed by atoms with Gasteiger partial charge < -0.3 is 24.9 Å². The summed E-state index contributed by atoms with van der Waals surface area (Å²) in [5, 5.41) is 6.20. The Morgan fingerprint density at radius 3 is 2.37 bits per heavy atom. The molecule has 0 bridgehead atoms. The third-order valence-electron chi connectivity index (χ3n) is 5.14. The van der Waals surface area contributed by atoms with Crippen LogP contribution in [0.15, 0.2) is 56.7 Å². The number of carbonyl (C=O) groups is 1. The van der Waals surface area contributed by atoms with Gasteiger partial charge in [0.2, 0.25) is 5.91 Å². The summed E-state index contributed by atoms with van der Waals surface area (Å²) >= 11 is 5.94. The summed E-state index contributed by atoms with van der Waals surface area (Å²) in [7, 11) is 0. The summed E-state index contributed by atoms with van der Waals surface area (Å²) in [5.41, 5.74) is 0.565. The van der Waals surface area contributed by atoms with Crippen LogP contribution < -0.4 is 31.3 Å². The van der Waals surface area contributed by atoms with Gasteiger partial charge in [0.25, 0.3) is 10.9 Å². The maximum Gasteiger partial charge on any atom is 0.253 e. The van der Waals surface area contributed by atoms with Crippen LogP contribution in [0.5, 0.6) is 0 Å². The molecule has 30 heavy (non-hydrogen) atoms. The van der Waals surface area contributed by atoms with Gasteiger partial charge >= 0.3 is 0 Å². The lowest BCUT2D eigenvalue weighted by atomic mass is 10.1. The van der Waals surface area contributed by atoms with Gasteiger partial charge in [-0.1, -0.05) is 11.6 Å². The van der Waals surface area contributed by atoms with Crippen LogP contribution >= 0.6 is 11.6 Å². The highest BCUT2D eigenvalue weighted by atomic mass is 35.5. The molecule has 0 radical (unpaired) electrons. The zero-order valence-corrected chi connectivity index (χ0v) is 16.9. The molecule has 2 heterocycles. The Morgan fingerprint density at radius 2 is 1.70 bits per heavy atom.